The van der Waals surface area contributed by atoms with Crippen molar-refractivity contribution in [2.24, 2.45) is 5.92 Å². The Morgan fingerprint density at radius 1 is 1.33 bits per heavy atom. The van der Waals surface area contributed by atoms with Gasteiger partial charge in [0, 0.05) is 19.2 Å². The van der Waals surface area contributed by atoms with Crippen LogP contribution in [-0.4, -0.2) is 35.5 Å². The van der Waals surface area contributed by atoms with Gasteiger partial charge in [0.15, 0.2) is 0 Å². The van der Waals surface area contributed by atoms with Gasteiger partial charge in [-0.15, -0.1) is 0 Å². The van der Waals surface area contributed by atoms with Crippen molar-refractivity contribution in [3.63, 3.8) is 0 Å². The smallest absolute Gasteiger partial charge is 0.308 e. The van der Waals surface area contributed by atoms with Gasteiger partial charge in [-0.2, -0.15) is 0 Å². The first kappa shape index (κ1) is 14.8. The van der Waals surface area contributed by atoms with Crippen LogP contribution in [-0.2, 0) is 4.79 Å². The molecule has 0 heterocycles. The molecule has 1 aromatic rings. The number of carboxylic acid groups (broad SMARTS) is 1. The number of hydrogen-bond donors (Lipinski definition) is 1. The molecule has 0 radical (unpaired) electrons. The fourth-order valence-corrected chi connectivity index (χ4v) is 1.72. The Morgan fingerprint density at radius 3 is 2.44 bits per heavy atom. The average Bonchev–Trinajstić information content (AvgIpc) is 2.31. The van der Waals surface area contributed by atoms with Crippen LogP contribution in [0.2, 0.25) is 10.0 Å². The van der Waals surface area contributed by atoms with Crippen LogP contribution < -0.4 is 0 Å². The summed E-state index contributed by atoms with van der Waals surface area (Å²) in [5.74, 6) is -1.85. The van der Waals surface area contributed by atoms with E-state index in [4.69, 9.17) is 28.3 Å². The van der Waals surface area contributed by atoms with Gasteiger partial charge in [0.25, 0.3) is 5.91 Å². The van der Waals surface area contributed by atoms with E-state index >= 15 is 0 Å². The summed E-state index contributed by atoms with van der Waals surface area (Å²) in [4.78, 5) is 24.1. The molecule has 0 saturated heterocycles. The molecule has 4 nitrogen and oxygen atoms in total. The van der Waals surface area contributed by atoms with Gasteiger partial charge in [-0.1, -0.05) is 30.1 Å². The summed E-state index contributed by atoms with van der Waals surface area (Å²) in [7, 11) is 1.55. The lowest BCUT2D eigenvalue weighted by Crippen LogP contribution is -2.33. The molecule has 18 heavy (non-hydrogen) atoms. The summed E-state index contributed by atoms with van der Waals surface area (Å²) in [5, 5.41) is 9.45. The van der Waals surface area contributed by atoms with E-state index in [0.29, 0.717) is 15.6 Å². The van der Waals surface area contributed by atoms with Gasteiger partial charge in [0.05, 0.1) is 16.0 Å². The fraction of sp³-hybridized carbons (Fsp3) is 0.333. The van der Waals surface area contributed by atoms with E-state index in [1.165, 1.54) is 17.0 Å². The third-order valence-electron chi connectivity index (χ3n) is 2.48. The molecule has 0 aliphatic heterocycles. The highest BCUT2D eigenvalue weighted by atomic mass is 35.5. The number of benzene rings is 1. The number of carbonyl (C=O) groups is 2. The average molecular weight is 290 g/mol. The molecule has 0 spiro atoms. The van der Waals surface area contributed by atoms with Crippen molar-refractivity contribution in [2.45, 2.75) is 6.92 Å². The maximum absolute atomic E-state index is 12.0. The molecular formula is C12H13Cl2NO3. The SMILES string of the molecule is CC(CN(C)C(=O)c1ccc(Cl)c(Cl)c1)C(=O)O. The van der Waals surface area contributed by atoms with E-state index in [2.05, 4.69) is 0 Å². The Morgan fingerprint density at radius 2 is 1.94 bits per heavy atom. The van der Waals surface area contributed by atoms with Crippen molar-refractivity contribution in [1.29, 1.82) is 0 Å². The lowest BCUT2D eigenvalue weighted by Gasteiger charge is -2.19. The van der Waals surface area contributed by atoms with Gasteiger partial charge in [-0.3, -0.25) is 9.59 Å². The highest BCUT2D eigenvalue weighted by Gasteiger charge is 2.18. The Labute approximate surface area is 115 Å². The van der Waals surface area contributed by atoms with E-state index in [0.717, 1.165) is 0 Å². The minimum absolute atomic E-state index is 0.133. The first-order chi connectivity index (χ1) is 8.32. The van der Waals surface area contributed by atoms with Gasteiger partial charge >= 0.3 is 5.97 Å². The molecule has 1 rings (SSSR count). The van der Waals surface area contributed by atoms with Crippen LogP contribution in [0.15, 0.2) is 18.2 Å². The number of carboxylic acids is 1. The second-order valence-electron chi connectivity index (χ2n) is 4.05. The number of aliphatic carboxylic acids is 1. The van der Waals surface area contributed by atoms with E-state index in [9.17, 15) is 9.59 Å². The monoisotopic (exact) mass is 289 g/mol. The summed E-state index contributed by atoms with van der Waals surface area (Å²) in [6, 6.07) is 4.55. The minimum atomic E-state index is -0.941. The van der Waals surface area contributed by atoms with Crippen molar-refractivity contribution < 1.29 is 14.7 Å². The Hall–Kier alpha value is -1.26. The van der Waals surface area contributed by atoms with Crippen molar-refractivity contribution >= 4 is 35.1 Å². The number of hydrogen-bond acceptors (Lipinski definition) is 2. The molecule has 0 aliphatic rings. The minimum Gasteiger partial charge on any atom is -0.481 e. The Kier molecular flexibility index (Phi) is 4.99. The van der Waals surface area contributed by atoms with Gasteiger partial charge in [0.2, 0.25) is 0 Å². The van der Waals surface area contributed by atoms with Gasteiger partial charge in [-0.25, -0.2) is 0 Å². The summed E-state index contributed by atoms with van der Waals surface area (Å²) in [6.07, 6.45) is 0. The third-order valence-corrected chi connectivity index (χ3v) is 3.22. The molecule has 0 bridgehead atoms. The van der Waals surface area contributed by atoms with Gasteiger partial charge in [0.1, 0.15) is 0 Å². The number of amides is 1. The lowest BCUT2D eigenvalue weighted by molar-refractivity contribution is -0.141. The van der Waals surface area contributed by atoms with Gasteiger partial charge in [-0.05, 0) is 18.2 Å². The Balaban J connectivity index is 2.80. The van der Waals surface area contributed by atoms with Crippen LogP contribution in [0.5, 0.6) is 0 Å². The quantitative estimate of drug-likeness (QED) is 0.927. The normalized spacial score (nSPS) is 12.0. The highest BCUT2D eigenvalue weighted by Crippen LogP contribution is 2.23. The van der Waals surface area contributed by atoms with Crippen molar-refractivity contribution in [3.8, 4) is 0 Å². The maximum Gasteiger partial charge on any atom is 0.308 e. The number of nitrogens with zero attached hydrogens (tertiary/aromatic N) is 1. The molecule has 1 N–H and O–H groups in total. The van der Waals surface area contributed by atoms with Crippen molar-refractivity contribution in [3.05, 3.63) is 33.8 Å². The topological polar surface area (TPSA) is 57.6 Å². The second-order valence-corrected chi connectivity index (χ2v) is 4.87. The molecule has 98 valence electrons. The molecule has 0 fully saturated rings. The number of rotatable bonds is 4. The van der Waals surface area contributed by atoms with Crippen LogP contribution in [0.25, 0.3) is 0 Å². The number of carbonyl (C=O) groups excluding carboxylic acids is 1. The highest BCUT2D eigenvalue weighted by molar-refractivity contribution is 6.42. The first-order valence-electron chi connectivity index (χ1n) is 5.26. The number of halogens is 2. The molecular weight excluding hydrogens is 277 g/mol. The van der Waals surface area contributed by atoms with Crippen LogP contribution in [0.1, 0.15) is 17.3 Å². The maximum atomic E-state index is 12.0. The van der Waals surface area contributed by atoms with E-state index in [-0.39, 0.29) is 12.5 Å². The molecule has 1 amide bonds. The molecule has 6 heteroatoms. The Bertz CT molecular complexity index is 476. The van der Waals surface area contributed by atoms with Gasteiger partial charge < -0.3 is 10.0 Å². The molecule has 0 aromatic heterocycles. The van der Waals surface area contributed by atoms with E-state index in [1.807, 2.05) is 0 Å². The predicted molar refractivity (Wildman–Crippen MR) is 70.2 cm³/mol. The summed E-state index contributed by atoms with van der Waals surface area (Å²) in [6.45, 7) is 1.68. The molecule has 1 atom stereocenters. The third kappa shape index (κ3) is 3.62. The predicted octanol–water partition coefficient (Wildman–Crippen LogP) is 2.79. The first-order valence-corrected chi connectivity index (χ1v) is 6.02. The standard InChI is InChI=1S/C12H13Cl2NO3/c1-7(12(17)18)6-15(2)11(16)8-3-4-9(13)10(14)5-8/h3-5,7H,6H2,1-2H3,(H,17,18). The summed E-state index contributed by atoms with van der Waals surface area (Å²) in [5.41, 5.74) is 0.379. The molecule has 0 saturated carbocycles. The molecule has 1 unspecified atom stereocenters. The summed E-state index contributed by atoms with van der Waals surface area (Å²) >= 11 is 11.6. The summed E-state index contributed by atoms with van der Waals surface area (Å²) < 4.78 is 0. The fourth-order valence-electron chi connectivity index (χ4n) is 1.42. The second kappa shape index (κ2) is 6.07. The largest absolute Gasteiger partial charge is 0.481 e. The van der Waals surface area contributed by atoms with Crippen molar-refractivity contribution in [2.75, 3.05) is 13.6 Å². The zero-order valence-electron chi connectivity index (χ0n) is 9.98. The molecule has 1 aromatic carbocycles. The van der Waals surface area contributed by atoms with Crippen LogP contribution in [0.4, 0.5) is 0 Å². The van der Waals surface area contributed by atoms with E-state index < -0.39 is 11.9 Å². The van der Waals surface area contributed by atoms with E-state index in [1.54, 1.807) is 20.0 Å². The lowest BCUT2D eigenvalue weighted by atomic mass is 10.1. The molecule has 0 aliphatic carbocycles. The van der Waals surface area contributed by atoms with Crippen LogP contribution in [0.3, 0.4) is 0 Å². The zero-order chi connectivity index (χ0) is 13.9. The zero-order valence-corrected chi connectivity index (χ0v) is 11.5. The van der Waals surface area contributed by atoms with Crippen LogP contribution in [0, 0.1) is 5.92 Å². The van der Waals surface area contributed by atoms with Crippen molar-refractivity contribution in [1.82, 2.24) is 4.90 Å². The van der Waals surface area contributed by atoms with Crippen LogP contribution >= 0.6 is 23.2 Å².